The van der Waals surface area contributed by atoms with Gasteiger partial charge in [0.05, 0.1) is 21.2 Å². The Labute approximate surface area is 201 Å². The molecule has 34 heavy (non-hydrogen) atoms. The van der Waals surface area contributed by atoms with Crippen molar-refractivity contribution in [2.75, 3.05) is 5.32 Å². The number of nitriles is 1. The zero-order valence-electron chi connectivity index (χ0n) is 18.6. The first-order valence-corrected chi connectivity index (χ1v) is 12.8. The quantitative estimate of drug-likeness (QED) is 0.451. The lowest BCUT2D eigenvalue weighted by atomic mass is 9.91. The zero-order valence-corrected chi connectivity index (χ0v) is 20.2. The molecular weight excluding hydrogens is 489 g/mol. The van der Waals surface area contributed by atoms with Crippen molar-refractivity contribution in [3.8, 4) is 6.07 Å². The molecule has 0 aromatic heterocycles. The number of rotatable bonds is 7. The molecule has 1 aliphatic carbocycles. The Morgan fingerprint density at radius 1 is 1.21 bits per heavy atom. The van der Waals surface area contributed by atoms with E-state index in [1.54, 1.807) is 0 Å². The summed E-state index contributed by atoms with van der Waals surface area (Å²) in [4.78, 5) is 12.4. The first-order chi connectivity index (χ1) is 16.0. The number of benzene rings is 2. The fourth-order valence-corrected chi connectivity index (χ4v) is 7.46. The van der Waals surface area contributed by atoms with Crippen molar-refractivity contribution in [1.82, 2.24) is 0 Å². The molecule has 4 atom stereocenters. The van der Waals surface area contributed by atoms with E-state index in [4.69, 9.17) is 11.6 Å². The minimum absolute atomic E-state index is 0.0550. The predicted molar refractivity (Wildman–Crippen MR) is 123 cm³/mol. The molecule has 2 unspecified atom stereocenters. The van der Waals surface area contributed by atoms with Crippen molar-refractivity contribution >= 4 is 33.0 Å². The average Bonchev–Trinajstić information content (AvgIpc) is 3.16. The highest BCUT2D eigenvalue weighted by Gasteiger charge is 2.44. The van der Waals surface area contributed by atoms with E-state index in [2.05, 4.69) is 11.4 Å². The molecule has 1 saturated carbocycles. The van der Waals surface area contributed by atoms with Gasteiger partial charge in [-0.15, -0.1) is 0 Å². The van der Waals surface area contributed by atoms with Crippen molar-refractivity contribution in [3.05, 3.63) is 58.4 Å². The molecule has 1 fully saturated rings. The van der Waals surface area contributed by atoms with Crippen LogP contribution in [0.2, 0.25) is 5.02 Å². The molecule has 0 bridgehead atoms. The number of halogens is 4. The number of nitrogens with zero attached hydrogens (tertiary/aromatic N) is 1. The minimum atomic E-state index is -3.97. The largest absolute Gasteiger partial charge is 0.322 e. The van der Waals surface area contributed by atoms with Crippen LogP contribution in [0.3, 0.4) is 0 Å². The van der Waals surface area contributed by atoms with Gasteiger partial charge in [-0.1, -0.05) is 25.4 Å². The maximum Gasteiger partial charge on any atom is 0.255 e. The summed E-state index contributed by atoms with van der Waals surface area (Å²) in [5, 5.41) is 10.8. The smallest absolute Gasteiger partial charge is 0.255 e. The van der Waals surface area contributed by atoms with Crippen LogP contribution < -0.4 is 5.32 Å². The molecule has 2 aromatic rings. The highest BCUT2D eigenvalue weighted by atomic mass is 35.5. The fourth-order valence-electron chi connectivity index (χ4n) is 4.60. The van der Waals surface area contributed by atoms with E-state index in [0.29, 0.717) is 37.8 Å². The van der Waals surface area contributed by atoms with Crippen LogP contribution in [0.4, 0.5) is 18.9 Å². The van der Waals surface area contributed by atoms with Crippen LogP contribution >= 0.6 is 11.6 Å². The third kappa shape index (κ3) is 5.23. The van der Waals surface area contributed by atoms with Gasteiger partial charge in [-0.05, 0) is 55.7 Å². The molecule has 0 radical (unpaired) electrons. The zero-order chi connectivity index (χ0) is 25.2. The molecule has 1 amide bonds. The Morgan fingerprint density at radius 2 is 1.85 bits per heavy atom. The summed E-state index contributed by atoms with van der Waals surface area (Å²) in [6.07, 6.45) is 2.44. The first kappa shape index (κ1) is 26.0. The van der Waals surface area contributed by atoms with Crippen LogP contribution in [0.1, 0.15) is 49.9 Å². The standard InChI is InChI=1S/C24H24ClF3N2O3S/c1-3-14(12-29)8-15-5-4-13(2)23(15)34(32,33)21-9-16(6-7-18(21)25)24(31)30-17-10-19(26)22(28)20(27)11-17/h6-7,9-11,13-15,23H,3-5,8H2,1-2H3,(H,30,31)/t13?,14-,15-,23?/m0/s1. The molecular formula is C24H24ClF3N2O3S. The van der Waals surface area contributed by atoms with Crippen molar-refractivity contribution in [2.45, 2.75) is 49.7 Å². The van der Waals surface area contributed by atoms with Crippen LogP contribution in [0.5, 0.6) is 0 Å². The average molecular weight is 513 g/mol. The lowest BCUT2D eigenvalue weighted by Gasteiger charge is -2.25. The SMILES string of the molecule is CC[C@H](C#N)C[C@@H]1CCC(C)C1S(=O)(=O)c1cc(C(=O)Nc2cc(F)c(F)c(F)c2)ccc1Cl. The van der Waals surface area contributed by atoms with Crippen LogP contribution in [0, 0.1) is 46.5 Å². The van der Waals surface area contributed by atoms with E-state index < -0.39 is 38.4 Å². The van der Waals surface area contributed by atoms with Crippen LogP contribution in [-0.4, -0.2) is 19.6 Å². The molecule has 3 rings (SSSR count). The van der Waals surface area contributed by atoms with E-state index in [-0.39, 0.29) is 38.9 Å². The summed E-state index contributed by atoms with van der Waals surface area (Å²) in [5.41, 5.74) is -0.425. The number of nitrogens with one attached hydrogen (secondary N) is 1. The maximum absolute atomic E-state index is 13.7. The summed E-state index contributed by atoms with van der Waals surface area (Å²) in [6, 6.07) is 7.15. The summed E-state index contributed by atoms with van der Waals surface area (Å²) in [5.74, 6) is -6.09. The van der Waals surface area contributed by atoms with Gasteiger partial charge in [-0.2, -0.15) is 5.26 Å². The Hall–Kier alpha value is -2.57. The second-order valence-electron chi connectivity index (χ2n) is 8.65. The molecule has 1 N–H and O–H groups in total. The molecule has 0 aliphatic heterocycles. The third-order valence-corrected chi connectivity index (χ3v) is 9.34. The molecule has 0 saturated heterocycles. The molecule has 10 heteroatoms. The number of hydrogen-bond acceptors (Lipinski definition) is 4. The van der Waals surface area contributed by atoms with Gasteiger partial charge in [-0.25, -0.2) is 21.6 Å². The Kier molecular flexibility index (Phi) is 7.94. The normalized spacial score (nSPS) is 21.1. The van der Waals surface area contributed by atoms with Crippen molar-refractivity contribution in [2.24, 2.45) is 17.8 Å². The Balaban J connectivity index is 1.93. The summed E-state index contributed by atoms with van der Waals surface area (Å²) in [7, 11) is -3.97. The van der Waals surface area contributed by atoms with E-state index in [1.165, 1.54) is 12.1 Å². The molecule has 2 aromatic carbocycles. The summed E-state index contributed by atoms with van der Waals surface area (Å²) in [6.45, 7) is 3.73. The number of carbonyl (C=O) groups is 1. The van der Waals surface area contributed by atoms with Gasteiger partial charge in [0.1, 0.15) is 0 Å². The van der Waals surface area contributed by atoms with Crippen LogP contribution in [-0.2, 0) is 9.84 Å². The first-order valence-electron chi connectivity index (χ1n) is 10.9. The number of sulfone groups is 1. The number of anilines is 1. The van der Waals surface area contributed by atoms with Crippen molar-refractivity contribution in [3.63, 3.8) is 0 Å². The third-order valence-electron chi connectivity index (χ3n) is 6.38. The van der Waals surface area contributed by atoms with Crippen LogP contribution in [0.15, 0.2) is 35.2 Å². The van der Waals surface area contributed by atoms with E-state index in [0.717, 1.165) is 6.07 Å². The van der Waals surface area contributed by atoms with Gasteiger partial charge < -0.3 is 5.32 Å². The molecule has 0 spiro atoms. The Morgan fingerprint density at radius 3 is 2.44 bits per heavy atom. The molecule has 5 nitrogen and oxygen atoms in total. The van der Waals surface area contributed by atoms with Crippen molar-refractivity contribution in [1.29, 1.82) is 5.26 Å². The van der Waals surface area contributed by atoms with E-state index in [9.17, 15) is 31.6 Å². The second kappa shape index (κ2) is 10.4. The second-order valence-corrected chi connectivity index (χ2v) is 11.1. The van der Waals surface area contributed by atoms with Crippen LogP contribution in [0.25, 0.3) is 0 Å². The lowest BCUT2D eigenvalue weighted by Crippen LogP contribution is -2.31. The van der Waals surface area contributed by atoms with Gasteiger partial charge in [0.25, 0.3) is 5.91 Å². The van der Waals surface area contributed by atoms with Gasteiger partial charge in [0.2, 0.25) is 0 Å². The lowest BCUT2D eigenvalue weighted by molar-refractivity contribution is 0.102. The minimum Gasteiger partial charge on any atom is -0.322 e. The van der Waals surface area contributed by atoms with E-state index >= 15 is 0 Å². The number of hydrogen-bond donors (Lipinski definition) is 1. The molecule has 182 valence electrons. The number of carbonyl (C=O) groups excluding carboxylic acids is 1. The highest BCUT2D eigenvalue weighted by Crippen LogP contribution is 2.43. The topological polar surface area (TPSA) is 87.0 Å². The van der Waals surface area contributed by atoms with Gasteiger partial charge in [0.15, 0.2) is 27.3 Å². The summed E-state index contributed by atoms with van der Waals surface area (Å²) >= 11 is 6.23. The summed E-state index contributed by atoms with van der Waals surface area (Å²) < 4.78 is 67.4. The molecule has 0 heterocycles. The monoisotopic (exact) mass is 512 g/mol. The van der Waals surface area contributed by atoms with Gasteiger partial charge in [0, 0.05) is 29.3 Å². The highest BCUT2D eigenvalue weighted by molar-refractivity contribution is 7.92. The number of amides is 1. The fraction of sp³-hybridized carbons (Fsp3) is 0.417. The van der Waals surface area contributed by atoms with Gasteiger partial charge in [-0.3, -0.25) is 4.79 Å². The van der Waals surface area contributed by atoms with E-state index in [1.807, 2.05) is 13.8 Å². The Bertz CT molecular complexity index is 1220. The van der Waals surface area contributed by atoms with Gasteiger partial charge >= 0.3 is 0 Å². The molecule has 1 aliphatic rings. The maximum atomic E-state index is 13.7. The predicted octanol–water partition coefficient (Wildman–Crippen LogP) is 6.14. The van der Waals surface area contributed by atoms with Crippen molar-refractivity contribution < 1.29 is 26.4 Å².